The third kappa shape index (κ3) is 2.26. The minimum absolute atomic E-state index is 0.676. The summed E-state index contributed by atoms with van der Waals surface area (Å²) in [6, 6.07) is 11.7. The van der Waals surface area contributed by atoms with Gasteiger partial charge in [-0.2, -0.15) is 0 Å². The van der Waals surface area contributed by atoms with Gasteiger partial charge in [0.25, 0.3) is 0 Å². The third-order valence-electron chi connectivity index (χ3n) is 2.83. The molecule has 2 nitrogen and oxygen atoms in total. The molecule has 94 valence electrons. The molecule has 0 fully saturated rings. The van der Waals surface area contributed by atoms with Gasteiger partial charge in [-0.3, -0.25) is 0 Å². The zero-order chi connectivity index (χ0) is 13.1. The average molecular weight is 281 g/mol. The Morgan fingerprint density at radius 2 is 1.11 bits per heavy atom. The molecule has 0 atom stereocenters. The van der Waals surface area contributed by atoms with E-state index in [0.29, 0.717) is 10.0 Å². The van der Waals surface area contributed by atoms with Crippen LogP contribution in [0.3, 0.4) is 0 Å². The molecule has 18 heavy (non-hydrogen) atoms. The minimum atomic E-state index is 0.676. The van der Waals surface area contributed by atoms with Gasteiger partial charge < -0.3 is 10.6 Å². The fourth-order valence-electron chi connectivity index (χ4n) is 1.87. The van der Waals surface area contributed by atoms with Crippen molar-refractivity contribution < 1.29 is 0 Å². The van der Waals surface area contributed by atoms with Gasteiger partial charge in [0, 0.05) is 25.2 Å². The van der Waals surface area contributed by atoms with E-state index >= 15 is 0 Å². The fourth-order valence-corrected chi connectivity index (χ4v) is 2.51. The maximum Gasteiger partial charge on any atom is 0.0716 e. The van der Waals surface area contributed by atoms with E-state index in [9.17, 15) is 0 Å². The van der Waals surface area contributed by atoms with E-state index in [4.69, 9.17) is 23.2 Å². The van der Waals surface area contributed by atoms with E-state index in [2.05, 4.69) is 10.6 Å². The molecule has 2 rings (SSSR count). The maximum absolute atomic E-state index is 6.37. The first kappa shape index (κ1) is 13.1. The van der Waals surface area contributed by atoms with Gasteiger partial charge in [-0.1, -0.05) is 47.5 Å². The Morgan fingerprint density at radius 3 is 1.44 bits per heavy atom. The zero-order valence-electron chi connectivity index (χ0n) is 10.2. The first-order valence-electron chi connectivity index (χ1n) is 5.62. The van der Waals surface area contributed by atoms with Crippen LogP contribution in [0.4, 0.5) is 11.4 Å². The lowest BCUT2D eigenvalue weighted by Gasteiger charge is -2.13. The summed E-state index contributed by atoms with van der Waals surface area (Å²) in [4.78, 5) is 0. The predicted octanol–water partition coefficient (Wildman–Crippen LogP) is 4.74. The first-order valence-corrected chi connectivity index (χ1v) is 6.37. The molecule has 0 aromatic heterocycles. The van der Waals surface area contributed by atoms with Crippen LogP contribution in [0.2, 0.25) is 10.0 Å². The Kier molecular flexibility index (Phi) is 4.00. The van der Waals surface area contributed by atoms with Crippen molar-refractivity contribution in [3.05, 3.63) is 46.4 Å². The van der Waals surface area contributed by atoms with Gasteiger partial charge in [0.2, 0.25) is 0 Å². The van der Waals surface area contributed by atoms with Gasteiger partial charge >= 0.3 is 0 Å². The molecule has 0 amide bonds. The molecular weight excluding hydrogens is 267 g/mol. The highest BCUT2D eigenvalue weighted by Gasteiger charge is 2.12. The molecule has 2 aromatic rings. The summed E-state index contributed by atoms with van der Waals surface area (Å²) in [5.41, 5.74) is 3.62. The zero-order valence-corrected chi connectivity index (χ0v) is 11.7. The van der Waals surface area contributed by atoms with Crippen LogP contribution in [-0.2, 0) is 0 Å². The maximum atomic E-state index is 6.37. The van der Waals surface area contributed by atoms with Crippen molar-refractivity contribution in [1.29, 1.82) is 0 Å². The molecule has 4 heteroatoms. The van der Waals surface area contributed by atoms with Crippen LogP contribution in [0.5, 0.6) is 0 Å². The Morgan fingerprint density at radius 1 is 0.722 bits per heavy atom. The molecule has 0 aliphatic carbocycles. The second-order valence-corrected chi connectivity index (χ2v) is 4.59. The third-order valence-corrected chi connectivity index (χ3v) is 3.64. The highest BCUT2D eigenvalue weighted by Crippen LogP contribution is 2.39. The number of halogens is 2. The molecule has 0 spiro atoms. The average Bonchev–Trinajstić information content (AvgIpc) is 2.40. The van der Waals surface area contributed by atoms with Gasteiger partial charge in [-0.15, -0.1) is 0 Å². The standard InChI is InChI=1S/C14H14Cl2N2/c1-17-11-7-3-5-9(13(11)15)10-6-4-8-12(18-2)14(10)16/h3-8,17-18H,1-2H3. The topological polar surface area (TPSA) is 24.1 Å². The van der Waals surface area contributed by atoms with Crippen LogP contribution in [0, 0.1) is 0 Å². The van der Waals surface area contributed by atoms with Gasteiger partial charge in [-0.25, -0.2) is 0 Å². The Hall–Kier alpha value is -1.38. The van der Waals surface area contributed by atoms with Crippen molar-refractivity contribution in [3.63, 3.8) is 0 Å². The van der Waals surface area contributed by atoms with Crippen molar-refractivity contribution in [2.24, 2.45) is 0 Å². The summed E-state index contributed by atoms with van der Waals surface area (Å²) in [5, 5.41) is 7.48. The quantitative estimate of drug-likeness (QED) is 0.848. The number of nitrogens with one attached hydrogen (secondary N) is 2. The second-order valence-electron chi connectivity index (χ2n) is 3.83. The van der Waals surface area contributed by atoms with Gasteiger partial charge in [0.15, 0.2) is 0 Å². The van der Waals surface area contributed by atoms with Gasteiger partial charge in [0.1, 0.15) is 0 Å². The monoisotopic (exact) mass is 280 g/mol. The van der Waals surface area contributed by atoms with Gasteiger partial charge in [-0.05, 0) is 12.1 Å². The van der Waals surface area contributed by atoms with Crippen molar-refractivity contribution in [1.82, 2.24) is 0 Å². The molecule has 0 saturated heterocycles. The van der Waals surface area contributed by atoms with Crippen molar-refractivity contribution in [2.75, 3.05) is 24.7 Å². The number of rotatable bonds is 3. The summed E-state index contributed by atoms with van der Waals surface area (Å²) in [6.45, 7) is 0. The summed E-state index contributed by atoms with van der Waals surface area (Å²) < 4.78 is 0. The van der Waals surface area contributed by atoms with Crippen LogP contribution >= 0.6 is 23.2 Å². The largest absolute Gasteiger partial charge is 0.387 e. The second kappa shape index (κ2) is 5.51. The number of benzene rings is 2. The summed E-state index contributed by atoms with van der Waals surface area (Å²) in [5.74, 6) is 0. The number of anilines is 2. The lowest BCUT2D eigenvalue weighted by atomic mass is 10.0. The number of hydrogen-bond acceptors (Lipinski definition) is 2. The van der Waals surface area contributed by atoms with E-state index in [-0.39, 0.29) is 0 Å². The normalized spacial score (nSPS) is 10.2. The van der Waals surface area contributed by atoms with Gasteiger partial charge in [0.05, 0.1) is 21.4 Å². The molecule has 2 N–H and O–H groups in total. The fraction of sp³-hybridized carbons (Fsp3) is 0.143. The number of hydrogen-bond donors (Lipinski definition) is 2. The molecule has 0 radical (unpaired) electrons. The van der Waals surface area contributed by atoms with Crippen LogP contribution in [-0.4, -0.2) is 14.1 Å². The highest BCUT2D eigenvalue weighted by molar-refractivity contribution is 6.39. The van der Waals surface area contributed by atoms with Crippen molar-refractivity contribution in [2.45, 2.75) is 0 Å². The lowest BCUT2D eigenvalue weighted by Crippen LogP contribution is -1.93. The van der Waals surface area contributed by atoms with Crippen LogP contribution < -0.4 is 10.6 Å². The molecular formula is C14H14Cl2N2. The van der Waals surface area contributed by atoms with E-state index in [1.807, 2.05) is 50.5 Å². The van der Waals surface area contributed by atoms with E-state index in [1.54, 1.807) is 0 Å². The Bertz CT molecular complexity index is 516. The molecule has 0 saturated carbocycles. The smallest absolute Gasteiger partial charge is 0.0716 e. The van der Waals surface area contributed by atoms with Crippen molar-refractivity contribution >= 4 is 34.6 Å². The van der Waals surface area contributed by atoms with Crippen molar-refractivity contribution in [3.8, 4) is 11.1 Å². The molecule has 0 bridgehead atoms. The van der Waals surface area contributed by atoms with Crippen LogP contribution in [0.1, 0.15) is 0 Å². The molecule has 0 aliphatic rings. The van der Waals surface area contributed by atoms with E-state index in [0.717, 1.165) is 22.5 Å². The Balaban J connectivity index is 2.62. The van der Waals surface area contributed by atoms with E-state index in [1.165, 1.54) is 0 Å². The molecule has 0 unspecified atom stereocenters. The molecule has 2 aromatic carbocycles. The summed E-state index contributed by atoms with van der Waals surface area (Å²) in [7, 11) is 3.69. The van der Waals surface area contributed by atoms with E-state index < -0.39 is 0 Å². The summed E-state index contributed by atoms with van der Waals surface area (Å²) >= 11 is 12.7. The van der Waals surface area contributed by atoms with Crippen LogP contribution in [0.25, 0.3) is 11.1 Å². The Labute approximate surface area is 117 Å². The van der Waals surface area contributed by atoms with Crippen LogP contribution in [0.15, 0.2) is 36.4 Å². The highest BCUT2D eigenvalue weighted by atomic mass is 35.5. The first-order chi connectivity index (χ1) is 8.69. The minimum Gasteiger partial charge on any atom is -0.387 e. The molecule has 0 heterocycles. The lowest BCUT2D eigenvalue weighted by molar-refractivity contribution is 1.49. The SMILES string of the molecule is CNc1cccc(-c2cccc(NC)c2Cl)c1Cl. The summed E-state index contributed by atoms with van der Waals surface area (Å²) in [6.07, 6.45) is 0. The molecule has 0 aliphatic heterocycles. The predicted molar refractivity (Wildman–Crippen MR) is 81.0 cm³/mol.